The highest BCUT2D eigenvalue weighted by atomic mass is 79.9. The first-order chi connectivity index (χ1) is 7.29. The quantitative estimate of drug-likeness (QED) is 0.530. The standard InChI is InChI=1S/C13H21OP.BrH/c1-15(2)12-8-4-7-11-14-13-9-5-3-6-10-13;/h3,5-6,9-10H,4,7-8,11-12H2,1-2H3;1H. The molecule has 0 N–H and O–H groups in total. The van der Waals surface area contributed by atoms with Gasteiger partial charge in [-0.2, -0.15) is 0 Å². The number of ether oxygens (including phenoxy) is 1. The maximum Gasteiger partial charge on any atom is 0.119 e. The predicted octanol–water partition coefficient (Wildman–Crippen LogP) is 4.56. The zero-order chi connectivity index (χ0) is 10.9. The Hall–Kier alpha value is -0.0700. The van der Waals surface area contributed by atoms with Crippen molar-refractivity contribution in [2.45, 2.75) is 19.3 Å². The third-order valence-electron chi connectivity index (χ3n) is 2.26. The molecule has 0 fully saturated rings. The van der Waals surface area contributed by atoms with Crippen LogP contribution in [-0.2, 0) is 0 Å². The van der Waals surface area contributed by atoms with Gasteiger partial charge in [0.1, 0.15) is 5.75 Å². The second kappa shape index (κ2) is 10.1. The van der Waals surface area contributed by atoms with Gasteiger partial charge in [0.15, 0.2) is 0 Å². The van der Waals surface area contributed by atoms with Crippen molar-refractivity contribution in [2.75, 3.05) is 26.1 Å². The number of hydrogen-bond donors (Lipinski definition) is 0. The van der Waals surface area contributed by atoms with Gasteiger partial charge in [-0.05, 0) is 50.9 Å². The third-order valence-corrected chi connectivity index (χ3v) is 3.47. The molecule has 0 amide bonds. The molecule has 0 bridgehead atoms. The molecule has 0 radical (unpaired) electrons. The van der Waals surface area contributed by atoms with Gasteiger partial charge < -0.3 is 4.74 Å². The van der Waals surface area contributed by atoms with Crippen LogP contribution < -0.4 is 4.74 Å². The van der Waals surface area contributed by atoms with Gasteiger partial charge in [-0.3, -0.25) is 0 Å². The predicted molar refractivity (Wildman–Crippen MR) is 79.7 cm³/mol. The van der Waals surface area contributed by atoms with E-state index in [1.165, 1.54) is 25.4 Å². The van der Waals surface area contributed by atoms with Crippen LogP contribution in [-0.4, -0.2) is 26.1 Å². The summed E-state index contributed by atoms with van der Waals surface area (Å²) < 4.78 is 5.62. The number of hydrogen-bond acceptors (Lipinski definition) is 1. The Morgan fingerprint density at radius 1 is 1.00 bits per heavy atom. The topological polar surface area (TPSA) is 9.23 Å². The minimum Gasteiger partial charge on any atom is -0.494 e. The summed E-state index contributed by atoms with van der Waals surface area (Å²) in [5.41, 5.74) is 0. The van der Waals surface area contributed by atoms with Gasteiger partial charge >= 0.3 is 0 Å². The fourth-order valence-electron chi connectivity index (χ4n) is 1.41. The van der Waals surface area contributed by atoms with Gasteiger partial charge in [-0.1, -0.05) is 18.2 Å². The summed E-state index contributed by atoms with van der Waals surface area (Å²) in [5, 5.41) is 0. The normalized spacial score (nSPS) is 9.94. The largest absolute Gasteiger partial charge is 0.494 e. The van der Waals surface area contributed by atoms with Crippen LogP contribution in [0.4, 0.5) is 0 Å². The van der Waals surface area contributed by atoms with Crippen LogP contribution in [0.3, 0.4) is 0 Å². The Morgan fingerprint density at radius 2 is 1.69 bits per heavy atom. The van der Waals surface area contributed by atoms with E-state index in [-0.39, 0.29) is 17.0 Å². The fraction of sp³-hybridized carbons (Fsp3) is 0.538. The monoisotopic (exact) mass is 304 g/mol. The van der Waals surface area contributed by atoms with Crippen LogP contribution in [0.25, 0.3) is 0 Å². The lowest BCUT2D eigenvalue weighted by molar-refractivity contribution is 0.306. The van der Waals surface area contributed by atoms with E-state index in [2.05, 4.69) is 13.3 Å². The lowest BCUT2D eigenvalue weighted by atomic mass is 10.3. The summed E-state index contributed by atoms with van der Waals surface area (Å²) in [6, 6.07) is 10.1. The van der Waals surface area contributed by atoms with Gasteiger partial charge in [-0.25, -0.2) is 0 Å². The summed E-state index contributed by atoms with van der Waals surface area (Å²) in [6.45, 7) is 5.54. The molecule has 0 atom stereocenters. The summed E-state index contributed by atoms with van der Waals surface area (Å²) in [5.74, 6) is 0.991. The molecule has 0 saturated heterocycles. The van der Waals surface area contributed by atoms with E-state index in [1.807, 2.05) is 30.3 Å². The molecule has 0 aliphatic rings. The van der Waals surface area contributed by atoms with E-state index >= 15 is 0 Å². The molecule has 1 aromatic rings. The average molecular weight is 305 g/mol. The van der Waals surface area contributed by atoms with Crippen molar-refractivity contribution < 1.29 is 4.74 Å². The summed E-state index contributed by atoms with van der Waals surface area (Å²) in [7, 11) is 0.294. The van der Waals surface area contributed by atoms with Gasteiger partial charge in [0, 0.05) is 0 Å². The van der Waals surface area contributed by atoms with E-state index in [9.17, 15) is 0 Å². The Morgan fingerprint density at radius 3 is 2.31 bits per heavy atom. The van der Waals surface area contributed by atoms with E-state index in [0.717, 1.165) is 12.4 Å². The van der Waals surface area contributed by atoms with E-state index < -0.39 is 0 Å². The Bertz CT molecular complexity index is 251. The number of halogens is 1. The van der Waals surface area contributed by atoms with Gasteiger partial charge in [0.05, 0.1) is 6.61 Å². The van der Waals surface area contributed by atoms with Crippen LogP contribution in [0.1, 0.15) is 19.3 Å². The highest BCUT2D eigenvalue weighted by Gasteiger charge is 1.94. The molecule has 0 saturated carbocycles. The van der Waals surface area contributed by atoms with Crippen molar-refractivity contribution in [3.05, 3.63) is 30.3 Å². The van der Waals surface area contributed by atoms with Crippen molar-refractivity contribution in [2.24, 2.45) is 0 Å². The second-order valence-corrected chi connectivity index (χ2v) is 6.63. The average Bonchev–Trinajstić information content (AvgIpc) is 2.24. The molecule has 1 rings (SSSR count). The number of unbranched alkanes of at least 4 members (excludes halogenated alkanes) is 2. The first-order valence-electron chi connectivity index (χ1n) is 5.61. The Labute approximate surface area is 111 Å². The van der Waals surface area contributed by atoms with E-state index in [0.29, 0.717) is 7.92 Å². The molecule has 0 heterocycles. The van der Waals surface area contributed by atoms with Crippen LogP contribution >= 0.6 is 24.9 Å². The van der Waals surface area contributed by atoms with Crippen molar-refractivity contribution in [3.8, 4) is 5.75 Å². The maximum absolute atomic E-state index is 5.62. The van der Waals surface area contributed by atoms with Crippen molar-refractivity contribution >= 4 is 24.9 Å². The number of benzene rings is 1. The highest BCUT2D eigenvalue weighted by molar-refractivity contribution is 8.93. The second-order valence-electron chi connectivity index (χ2n) is 4.03. The first-order valence-corrected chi connectivity index (χ1v) is 8.04. The van der Waals surface area contributed by atoms with Crippen molar-refractivity contribution in [1.82, 2.24) is 0 Å². The Balaban J connectivity index is 0.00000225. The van der Waals surface area contributed by atoms with Crippen molar-refractivity contribution in [1.29, 1.82) is 0 Å². The molecule has 0 aliphatic carbocycles. The molecule has 0 aromatic heterocycles. The third kappa shape index (κ3) is 8.13. The van der Waals surface area contributed by atoms with Gasteiger partial charge in [0.25, 0.3) is 0 Å². The summed E-state index contributed by atoms with van der Waals surface area (Å²) in [4.78, 5) is 0. The molecule has 0 aliphatic heterocycles. The minimum atomic E-state index is 0. The molecule has 3 heteroatoms. The van der Waals surface area contributed by atoms with Crippen LogP contribution in [0.5, 0.6) is 5.75 Å². The smallest absolute Gasteiger partial charge is 0.119 e. The molecular formula is C13H22BrOP. The molecule has 16 heavy (non-hydrogen) atoms. The van der Waals surface area contributed by atoms with Crippen LogP contribution in [0, 0.1) is 0 Å². The highest BCUT2D eigenvalue weighted by Crippen LogP contribution is 2.25. The lowest BCUT2D eigenvalue weighted by Gasteiger charge is -2.07. The zero-order valence-corrected chi connectivity index (χ0v) is 12.8. The van der Waals surface area contributed by atoms with E-state index in [4.69, 9.17) is 4.74 Å². The van der Waals surface area contributed by atoms with Gasteiger partial charge in [-0.15, -0.1) is 24.9 Å². The molecular weight excluding hydrogens is 283 g/mol. The van der Waals surface area contributed by atoms with Crippen LogP contribution in [0.2, 0.25) is 0 Å². The lowest BCUT2D eigenvalue weighted by Crippen LogP contribution is -1.97. The first kappa shape index (κ1) is 15.9. The molecule has 0 spiro atoms. The summed E-state index contributed by atoms with van der Waals surface area (Å²) in [6.07, 6.45) is 5.24. The van der Waals surface area contributed by atoms with Crippen LogP contribution in [0.15, 0.2) is 30.3 Å². The maximum atomic E-state index is 5.62. The van der Waals surface area contributed by atoms with Gasteiger partial charge in [0.2, 0.25) is 0 Å². The number of para-hydroxylation sites is 1. The van der Waals surface area contributed by atoms with Crippen molar-refractivity contribution in [3.63, 3.8) is 0 Å². The molecule has 1 aromatic carbocycles. The Kier molecular flexibility index (Phi) is 10.1. The minimum absolute atomic E-state index is 0. The molecule has 1 nitrogen and oxygen atoms in total. The molecule has 92 valence electrons. The molecule has 0 unspecified atom stereocenters. The van der Waals surface area contributed by atoms with E-state index in [1.54, 1.807) is 0 Å². The zero-order valence-electron chi connectivity index (χ0n) is 10.2. The SMILES string of the molecule is Br.CP(C)CCCCCOc1ccccc1. The summed E-state index contributed by atoms with van der Waals surface area (Å²) >= 11 is 0. The fourth-order valence-corrected chi connectivity index (χ4v) is 2.27. The number of rotatable bonds is 7.